The van der Waals surface area contributed by atoms with Gasteiger partial charge in [-0.2, -0.15) is 0 Å². The Kier molecular flexibility index (Phi) is 42.3. The third kappa shape index (κ3) is 43.4. The lowest BCUT2D eigenvalue weighted by atomic mass is 10.0. The molecule has 0 saturated carbocycles. The van der Waals surface area contributed by atoms with Gasteiger partial charge in [0.1, 0.15) is 13.2 Å². The number of carbonyl (C=O) groups excluding carboxylic acids is 3. The van der Waals surface area contributed by atoms with E-state index in [-0.39, 0.29) is 31.1 Å². The summed E-state index contributed by atoms with van der Waals surface area (Å²) in [6.45, 7) is 8.96. The van der Waals surface area contributed by atoms with Crippen molar-refractivity contribution in [2.45, 2.75) is 278 Å². The van der Waals surface area contributed by atoms with E-state index in [9.17, 15) is 14.4 Å². The topological polar surface area (TPSA) is 78.9 Å². The highest BCUT2D eigenvalue weighted by Gasteiger charge is 2.19. The molecular weight excluding hydrogens is 685 g/mol. The summed E-state index contributed by atoms with van der Waals surface area (Å²) in [4.78, 5) is 37.7. The molecule has 0 aliphatic rings. The molecule has 0 heterocycles. The Morgan fingerprint density at radius 3 is 0.891 bits per heavy atom. The largest absolute Gasteiger partial charge is 0.462 e. The quantitative estimate of drug-likeness (QED) is 0.0348. The molecular formula is C49H94O6. The summed E-state index contributed by atoms with van der Waals surface area (Å²) in [5.41, 5.74) is 0. The zero-order valence-electron chi connectivity index (χ0n) is 37.4. The number of rotatable bonds is 44. The molecule has 0 aromatic rings. The number of hydrogen-bond acceptors (Lipinski definition) is 6. The van der Waals surface area contributed by atoms with Crippen molar-refractivity contribution in [3.63, 3.8) is 0 Å². The molecule has 0 aromatic carbocycles. The number of hydrogen-bond donors (Lipinski definition) is 0. The van der Waals surface area contributed by atoms with Gasteiger partial charge in [0.2, 0.25) is 0 Å². The molecule has 1 atom stereocenters. The first-order valence-electron chi connectivity index (χ1n) is 24.4. The Morgan fingerprint density at radius 1 is 0.345 bits per heavy atom. The Morgan fingerprint density at radius 2 is 0.600 bits per heavy atom. The van der Waals surface area contributed by atoms with Crippen LogP contribution in [0.3, 0.4) is 0 Å². The van der Waals surface area contributed by atoms with Crippen LogP contribution in [0, 0.1) is 5.92 Å². The monoisotopic (exact) mass is 779 g/mol. The second-order valence-corrected chi connectivity index (χ2v) is 17.2. The van der Waals surface area contributed by atoms with Crippen LogP contribution in [-0.2, 0) is 28.6 Å². The van der Waals surface area contributed by atoms with E-state index in [4.69, 9.17) is 14.2 Å². The normalized spacial score (nSPS) is 11.9. The van der Waals surface area contributed by atoms with E-state index in [2.05, 4.69) is 27.7 Å². The highest BCUT2D eigenvalue weighted by molar-refractivity contribution is 5.71. The minimum absolute atomic E-state index is 0.0638. The summed E-state index contributed by atoms with van der Waals surface area (Å²) >= 11 is 0. The minimum atomic E-state index is -0.759. The molecule has 0 saturated heterocycles. The van der Waals surface area contributed by atoms with Crippen molar-refractivity contribution in [2.24, 2.45) is 5.92 Å². The zero-order chi connectivity index (χ0) is 40.3. The highest BCUT2D eigenvalue weighted by atomic mass is 16.6. The molecule has 0 rings (SSSR count). The summed E-state index contributed by atoms with van der Waals surface area (Å²) in [7, 11) is 0. The summed E-state index contributed by atoms with van der Waals surface area (Å²) < 4.78 is 16.7. The Hall–Kier alpha value is -1.59. The van der Waals surface area contributed by atoms with Crippen molar-refractivity contribution in [1.29, 1.82) is 0 Å². The average molecular weight is 779 g/mol. The van der Waals surface area contributed by atoms with Crippen LogP contribution >= 0.6 is 0 Å². The fourth-order valence-electron chi connectivity index (χ4n) is 7.33. The van der Waals surface area contributed by atoms with Gasteiger partial charge in [-0.15, -0.1) is 0 Å². The number of ether oxygens (including phenoxy) is 3. The van der Waals surface area contributed by atoms with E-state index in [1.54, 1.807) is 0 Å². The Balaban J connectivity index is 4.24. The number of unbranched alkanes of at least 4 members (excludes halogenated alkanes) is 31. The lowest BCUT2D eigenvalue weighted by Gasteiger charge is -2.18. The van der Waals surface area contributed by atoms with Crippen molar-refractivity contribution < 1.29 is 28.6 Å². The number of carbonyl (C=O) groups is 3. The molecule has 0 spiro atoms. The van der Waals surface area contributed by atoms with Crippen LogP contribution in [0.4, 0.5) is 0 Å². The molecule has 0 aliphatic carbocycles. The summed E-state index contributed by atoms with van der Waals surface area (Å²) in [6.07, 6.45) is 43.8. The first kappa shape index (κ1) is 53.4. The molecule has 0 aromatic heterocycles. The van der Waals surface area contributed by atoms with Crippen molar-refractivity contribution in [3.8, 4) is 0 Å². The molecule has 6 nitrogen and oxygen atoms in total. The molecule has 0 radical (unpaired) electrons. The molecule has 0 fully saturated rings. The lowest BCUT2D eigenvalue weighted by Crippen LogP contribution is -2.30. The van der Waals surface area contributed by atoms with E-state index in [1.807, 2.05) is 0 Å². The Labute approximate surface area is 342 Å². The summed E-state index contributed by atoms with van der Waals surface area (Å²) in [5, 5.41) is 0. The van der Waals surface area contributed by atoms with Crippen LogP contribution in [-0.4, -0.2) is 37.2 Å². The predicted molar refractivity (Wildman–Crippen MR) is 233 cm³/mol. The van der Waals surface area contributed by atoms with Crippen LogP contribution in [0.1, 0.15) is 272 Å². The van der Waals surface area contributed by atoms with Crippen LogP contribution in [0.2, 0.25) is 0 Å². The molecule has 326 valence electrons. The summed E-state index contributed by atoms with van der Waals surface area (Å²) in [5.74, 6) is -0.0606. The van der Waals surface area contributed by atoms with Gasteiger partial charge in [0.25, 0.3) is 0 Å². The van der Waals surface area contributed by atoms with Gasteiger partial charge >= 0.3 is 17.9 Å². The maximum atomic E-state index is 12.7. The second-order valence-electron chi connectivity index (χ2n) is 17.2. The molecule has 0 unspecified atom stereocenters. The first-order chi connectivity index (χ1) is 26.9. The second kappa shape index (κ2) is 43.5. The third-order valence-corrected chi connectivity index (χ3v) is 11.0. The fraction of sp³-hybridized carbons (Fsp3) is 0.939. The van der Waals surface area contributed by atoms with Gasteiger partial charge < -0.3 is 14.2 Å². The van der Waals surface area contributed by atoms with Crippen LogP contribution < -0.4 is 0 Å². The van der Waals surface area contributed by atoms with Crippen molar-refractivity contribution >= 4 is 17.9 Å². The van der Waals surface area contributed by atoms with Gasteiger partial charge in [-0.1, -0.05) is 233 Å². The lowest BCUT2D eigenvalue weighted by molar-refractivity contribution is -0.167. The molecule has 6 heteroatoms. The smallest absolute Gasteiger partial charge is 0.306 e. The van der Waals surface area contributed by atoms with E-state index >= 15 is 0 Å². The molecule has 0 N–H and O–H groups in total. The van der Waals surface area contributed by atoms with Gasteiger partial charge in [-0.25, -0.2) is 0 Å². The van der Waals surface area contributed by atoms with E-state index in [0.29, 0.717) is 19.3 Å². The van der Waals surface area contributed by atoms with E-state index < -0.39 is 6.10 Å². The maximum Gasteiger partial charge on any atom is 0.306 e. The first-order valence-corrected chi connectivity index (χ1v) is 24.4. The van der Waals surface area contributed by atoms with Gasteiger partial charge in [0, 0.05) is 19.3 Å². The molecule has 0 aliphatic heterocycles. The minimum Gasteiger partial charge on any atom is -0.462 e. The average Bonchev–Trinajstić information content (AvgIpc) is 3.17. The van der Waals surface area contributed by atoms with Crippen LogP contribution in [0.15, 0.2) is 0 Å². The van der Waals surface area contributed by atoms with Crippen molar-refractivity contribution in [3.05, 3.63) is 0 Å². The maximum absolute atomic E-state index is 12.7. The van der Waals surface area contributed by atoms with Gasteiger partial charge in [-0.05, 0) is 25.2 Å². The highest BCUT2D eigenvalue weighted by Crippen LogP contribution is 2.17. The summed E-state index contributed by atoms with van der Waals surface area (Å²) in [6, 6.07) is 0. The number of esters is 3. The molecule has 0 bridgehead atoms. The van der Waals surface area contributed by atoms with Gasteiger partial charge in [0.05, 0.1) is 0 Å². The standard InChI is InChI=1S/C49H94O6/c1-5-7-9-11-13-15-16-17-18-19-20-21-22-24-29-33-37-41-48(51)54-44-46(43-53-47(50)40-36-32-28-23-14-12-10-8-6-2)55-49(52)42-38-34-30-26-25-27-31-35-39-45(3)4/h45-46H,5-44H2,1-4H3/t46-/m1/s1. The molecule has 0 amide bonds. The Bertz CT molecular complexity index is 826. The van der Waals surface area contributed by atoms with Crippen molar-refractivity contribution in [2.75, 3.05) is 13.2 Å². The SMILES string of the molecule is CCCCCCCCCCCCCCCCCCCC(=O)OC[C@@H](COC(=O)CCCCCCCCCCC)OC(=O)CCCCCCCCCCC(C)C. The zero-order valence-corrected chi connectivity index (χ0v) is 37.4. The molecule has 55 heavy (non-hydrogen) atoms. The van der Waals surface area contributed by atoms with Crippen LogP contribution in [0.5, 0.6) is 0 Å². The van der Waals surface area contributed by atoms with E-state index in [0.717, 1.165) is 63.7 Å². The van der Waals surface area contributed by atoms with Crippen LogP contribution in [0.25, 0.3) is 0 Å². The van der Waals surface area contributed by atoms with E-state index in [1.165, 1.54) is 167 Å². The third-order valence-electron chi connectivity index (χ3n) is 11.0. The fourth-order valence-corrected chi connectivity index (χ4v) is 7.33. The predicted octanol–water partition coefficient (Wildman–Crippen LogP) is 15.5. The van der Waals surface area contributed by atoms with Crippen molar-refractivity contribution in [1.82, 2.24) is 0 Å². The van der Waals surface area contributed by atoms with Gasteiger partial charge in [0.15, 0.2) is 6.10 Å². The van der Waals surface area contributed by atoms with Gasteiger partial charge in [-0.3, -0.25) is 14.4 Å².